The van der Waals surface area contributed by atoms with Crippen molar-refractivity contribution < 1.29 is 19.1 Å². The summed E-state index contributed by atoms with van der Waals surface area (Å²) in [6.45, 7) is 1.24. The van der Waals surface area contributed by atoms with E-state index in [4.69, 9.17) is 9.47 Å². The van der Waals surface area contributed by atoms with Gasteiger partial charge in [0.05, 0.1) is 13.7 Å². The first-order valence-corrected chi connectivity index (χ1v) is 8.56. The van der Waals surface area contributed by atoms with E-state index in [0.717, 1.165) is 5.75 Å². The highest BCUT2D eigenvalue weighted by molar-refractivity contribution is 5.94. The van der Waals surface area contributed by atoms with Crippen LogP contribution in [0.3, 0.4) is 0 Å². The van der Waals surface area contributed by atoms with E-state index in [1.54, 1.807) is 31.4 Å². The highest BCUT2D eigenvalue weighted by atomic mass is 16.5. The predicted octanol–water partition coefficient (Wildman–Crippen LogP) is 2.40. The fourth-order valence-corrected chi connectivity index (χ4v) is 2.27. The zero-order valence-corrected chi connectivity index (χ0v) is 14.9. The molecule has 2 N–H and O–H groups in total. The fraction of sp³-hybridized carbons (Fsp3) is 0.300. The number of carbonyl (C=O) groups is 2. The number of benzene rings is 2. The quantitative estimate of drug-likeness (QED) is 0.641. The molecule has 0 aliphatic rings. The lowest BCUT2D eigenvalue weighted by molar-refractivity contribution is -0.121. The Labute approximate surface area is 153 Å². The zero-order chi connectivity index (χ0) is 18.6. The Morgan fingerprint density at radius 2 is 1.65 bits per heavy atom. The number of para-hydroxylation sites is 1. The van der Waals surface area contributed by atoms with Gasteiger partial charge >= 0.3 is 0 Å². The van der Waals surface area contributed by atoms with Gasteiger partial charge in [-0.1, -0.05) is 24.3 Å². The van der Waals surface area contributed by atoms with Gasteiger partial charge in [0.2, 0.25) is 5.91 Å². The van der Waals surface area contributed by atoms with Crippen LogP contribution in [-0.2, 0) is 4.79 Å². The maximum Gasteiger partial charge on any atom is 0.251 e. The molecular formula is C20H24N2O4. The van der Waals surface area contributed by atoms with Crippen LogP contribution in [0.5, 0.6) is 11.5 Å². The first-order chi connectivity index (χ1) is 12.7. The maximum atomic E-state index is 12.0. The summed E-state index contributed by atoms with van der Waals surface area (Å²) in [5, 5.41) is 5.54. The molecule has 0 heterocycles. The van der Waals surface area contributed by atoms with Crippen LogP contribution in [0.25, 0.3) is 0 Å². The Bertz CT molecular complexity index is 704. The van der Waals surface area contributed by atoms with Crippen LogP contribution in [0, 0.1) is 0 Å². The summed E-state index contributed by atoms with van der Waals surface area (Å²) < 4.78 is 10.6. The Morgan fingerprint density at radius 1 is 0.923 bits per heavy atom. The van der Waals surface area contributed by atoms with Gasteiger partial charge in [-0.05, 0) is 36.8 Å². The second kappa shape index (κ2) is 10.8. The van der Waals surface area contributed by atoms with Crippen LogP contribution in [0.2, 0.25) is 0 Å². The number of ether oxygens (including phenoxy) is 2. The molecule has 0 fully saturated rings. The minimum Gasteiger partial charge on any atom is -0.497 e. The summed E-state index contributed by atoms with van der Waals surface area (Å²) in [5.41, 5.74) is 0.522. The van der Waals surface area contributed by atoms with E-state index >= 15 is 0 Å². The van der Waals surface area contributed by atoms with E-state index in [2.05, 4.69) is 10.6 Å². The third-order valence-electron chi connectivity index (χ3n) is 3.62. The molecule has 0 saturated carbocycles. The van der Waals surface area contributed by atoms with Crippen molar-refractivity contribution in [3.05, 3.63) is 60.2 Å². The third kappa shape index (κ3) is 6.84. The van der Waals surface area contributed by atoms with Crippen LogP contribution < -0.4 is 20.1 Å². The van der Waals surface area contributed by atoms with Gasteiger partial charge in [-0.3, -0.25) is 9.59 Å². The Balaban J connectivity index is 1.56. The molecule has 0 spiro atoms. The average Bonchev–Trinajstić information content (AvgIpc) is 2.69. The number of hydrogen-bond donors (Lipinski definition) is 2. The van der Waals surface area contributed by atoms with Crippen LogP contribution in [0.15, 0.2) is 54.6 Å². The molecule has 6 nitrogen and oxygen atoms in total. The van der Waals surface area contributed by atoms with E-state index in [0.29, 0.717) is 43.9 Å². The van der Waals surface area contributed by atoms with Crippen molar-refractivity contribution in [2.45, 2.75) is 12.8 Å². The van der Waals surface area contributed by atoms with Crippen molar-refractivity contribution in [2.75, 3.05) is 26.8 Å². The molecule has 0 bridgehead atoms. The second-order valence-electron chi connectivity index (χ2n) is 5.60. The van der Waals surface area contributed by atoms with Crippen molar-refractivity contribution in [1.29, 1.82) is 0 Å². The maximum absolute atomic E-state index is 12.0. The lowest BCUT2D eigenvalue weighted by Gasteiger charge is -2.08. The van der Waals surface area contributed by atoms with Crippen molar-refractivity contribution in [3.63, 3.8) is 0 Å². The molecule has 0 atom stereocenters. The highest BCUT2D eigenvalue weighted by Crippen LogP contribution is 2.12. The summed E-state index contributed by atoms with van der Waals surface area (Å²) in [5.74, 6) is 1.17. The summed E-state index contributed by atoms with van der Waals surface area (Å²) in [7, 11) is 1.55. The van der Waals surface area contributed by atoms with Crippen LogP contribution in [-0.4, -0.2) is 38.6 Å². The summed E-state index contributed by atoms with van der Waals surface area (Å²) in [6.07, 6.45) is 1.02. The van der Waals surface area contributed by atoms with Gasteiger partial charge < -0.3 is 20.1 Å². The largest absolute Gasteiger partial charge is 0.497 e. The van der Waals surface area contributed by atoms with Crippen molar-refractivity contribution in [3.8, 4) is 11.5 Å². The molecule has 138 valence electrons. The van der Waals surface area contributed by atoms with Crippen LogP contribution in [0.1, 0.15) is 23.2 Å². The first-order valence-electron chi connectivity index (χ1n) is 8.56. The number of hydrogen-bond acceptors (Lipinski definition) is 4. The van der Waals surface area contributed by atoms with Gasteiger partial charge in [0, 0.05) is 25.1 Å². The molecule has 0 unspecified atom stereocenters. The molecule has 2 amide bonds. The minimum atomic E-state index is -0.200. The predicted molar refractivity (Wildman–Crippen MR) is 99.5 cm³/mol. The van der Waals surface area contributed by atoms with Gasteiger partial charge in [0.1, 0.15) is 11.5 Å². The third-order valence-corrected chi connectivity index (χ3v) is 3.62. The SMILES string of the molecule is COc1cccc(C(=O)NCCNC(=O)CCCOc2ccccc2)c1. The average molecular weight is 356 g/mol. The van der Waals surface area contributed by atoms with Crippen molar-refractivity contribution in [2.24, 2.45) is 0 Å². The molecular weight excluding hydrogens is 332 g/mol. The van der Waals surface area contributed by atoms with Gasteiger partial charge in [-0.2, -0.15) is 0 Å². The molecule has 0 aliphatic heterocycles. The monoisotopic (exact) mass is 356 g/mol. The number of amides is 2. The van der Waals surface area contributed by atoms with E-state index < -0.39 is 0 Å². The van der Waals surface area contributed by atoms with E-state index in [1.165, 1.54) is 0 Å². The van der Waals surface area contributed by atoms with Gasteiger partial charge in [0.25, 0.3) is 5.91 Å². The lowest BCUT2D eigenvalue weighted by Crippen LogP contribution is -2.34. The highest BCUT2D eigenvalue weighted by Gasteiger charge is 2.06. The Kier molecular flexibility index (Phi) is 7.99. The topological polar surface area (TPSA) is 76.7 Å². The number of methoxy groups -OCH3 is 1. The molecule has 0 aromatic heterocycles. The minimum absolute atomic E-state index is 0.0581. The summed E-state index contributed by atoms with van der Waals surface area (Å²) in [6, 6.07) is 16.4. The second-order valence-corrected chi connectivity index (χ2v) is 5.60. The first kappa shape index (κ1) is 19.3. The normalized spacial score (nSPS) is 10.0. The fourth-order valence-electron chi connectivity index (χ4n) is 2.27. The van der Waals surface area contributed by atoms with Crippen molar-refractivity contribution in [1.82, 2.24) is 10.6 Å². The zero-order valence-electron chi connectivity index (χ0n) is 14.9. The molecule has 2 aromatic rings. The Hall–Kier alpha value is -3.02. The molecule has 2 rings (SSSR count). The molecule has 6 heteroatoms. The summed E-state index contributed by atoms with van der Waals surface area (Å²) >= 11 is 0. The molecule has 0 saturated heterocycles. The summed E-state index contributed by atoms with van der Waals surface area (Å²) in [4.78, 5) is 23.8. The number of carbonyl (C=O) groups excluding carboxylic acids is 2. The molecule has 26 heavy (non-hydrogen) atoms. The van der Waals surface area contributed by atoms with E-state index in [9.17, 15) is 9.59 Å². The molecule has 0 radical (unpaired) electrons. The lowest BCUT2D eigenvalue weighted by atomic mass is 10.2. The number of nitrogens with one attached hydrogen (secondary N) is 2. The van der Waals surface area contributed by atoms with Crippen LogP contribution >= 0.6 is 0 Å². The van der Waals surface area contributed by atoms with E-state index in [-0.39, 0.29) is 11.8 Å². The van der Waals surface area contributed by atoms with Gasteiger partial charge in [0.15, 0.2) is 0 Å². The van der Waals surface area contributed by atoms with Crippen LogP contribution in [0.4, 0.5) is 0 Å². The standard InChI is InChI=1S/C20H24N2O4/c1-25-18-10-5-7-16(15-18)20(24)22-13-12-21-19(23)11-6-14-26-17-8-3-2-4-9-17/h2-5,7-10,15H,6,11-14H2,1H3,(H,21,23)(H,22,24). The molecule has 2 aromatic carbocycles. The number of rotatable bonds is 10. The van der Waals surface area contributed by atoms with Crippen molar-refractivity contribution >= 4 is 11.8 Å². The smallest absolute Gasteiger partial charge is 0.251 e. The molecule has 0 aliphatic carbocycles. The van der Waals surface area contributed by atoms with Gasteiger partial charge in [-0.15, -0.1) is 0 Å². The Morgan fingerprint density at radius 3 is 2.42 bits per heavy atom. The van der Waals surface area contributed by atoms with Gasteiger partial charge in [-0.25, -0.2) is 0 Å². The van der Waals surface area contributed by atoms with E-state index in [1.807, 2.05) is 30.3 Å².